The average Bonchev–Trinajstić information content (AvgIpc) is 3.05. The van der Waals surface area contributed by atoms with E-state index in [1.165, 1.54) is 29.2 Å². The number of anilines is 2. The predicted molar refractivity (Wildman–Crippen MR) is 121 cm³/mol. The quantitative estimate of drug-likeness (QED) is 0.551. The summed E-state index contributed by atoms with van der Waals surface area (Å²) in [5.74, 6) is -0.752. The van der Waals surface area contributed by atoms with Crippen molar-refractivity contribution in [2.75, 3.05) is 17.3 Å². The van der Waals surface area contributed by atoms with Crippen LogP contribution in [0.15, 0.2) is 78.9 Å². The molecular formula is C25H22FN3O4. The standard InChI is InChI=1S/C25H22FN3O4/c1-33-21-13-7-17(8-14-21)16-28-22(15-23(30)27-19-5-3-2-4-6-19)24(31)29(25(28)32)20-11-9-18(26)10-12-20/h2-14,22H,15-16H2,1H3,(H,27,30)/t22-/m1/s1. The van der Waals surface area contributed by atoms with Crippen molar-refractivity contribution in [2.45, 2.75) is 19.0 Å². The molecule has 8 heteroatoms. The molecule has 3 aromatic carbocycles. The highest BCUT2D eigenvalue weighted by atomic mass is 19.1. The molecule has 1 N–H and O–H groups in total. The number of ether oxygens (including phenoxy) is 1. The molecule has 0 aromatic heterocycles. The number of carbonyl (C=O) groups excluding carboxylic acids is 3. The lowest BCUT2D eigenvalue weighted by Gasteiger charge is -2.22. The Bertz CT molecular complexity index is 1150. The van der Waals surface area contributed by atoms with Gasteiger partial charge in [-0.3, -0.25) is 9.59 Å². The second kappa shape index (κ2) is 9.52. The van der Waals surface area contributed by atoms with Gasteiger partial charge in [-0.05, 0) is 54.1 Å². The van der Waals surface area contributed by atoms with Crippen LogP contribution in [0.1, 0.15) is 12.0 Å². The summed E-state index contributed by atoms with van der Waals surface area (Å²) < 4.78 is 18.6. The van der Waals surface area contributed by atoms with Crippen molar-refractivity contribution in [1.82, 2.24) is 4.90 Å². The molecule has 1 aliphatic heterocycles. The molecule has 33 heavy (non-hydrogen) atoms. The molecule has 4 amide bonds. The second-order valence-electron chi connectivity index (χ2n) is 7.54. The molecule has 0 radical (unpaired) electrons. The monoisotopic (exact) mass is 447 g/mol. The zero-order valence-corrected chi connectivity index (χ0v) is 17.9. The third kappa shape index (κ3) is 4.85. The summed E-state index contributed by atoms with van der Waals surface area (Å²) in [4.78, 5) is 41.6. The number of urea groups is 1. The summed E-state index contributed by atoms with van der Waals surface area (Å²) in [5.41, 5.74) is 1.61. The maximum atomic E-state index is 13.4. The topological polar surface area (TPSA) is 79.0 Å². The van der Waals surface area contributed by atoms with E-state index in [1.54, 1.807) is 55.6 Å². The van der Waals surface area contributed by atoms with Crippen LogP contribution in [0.5, 0.6) is 5.75 Å². The van der Waals surface area contributed by atoms with E-state index in [9.17, 15) is 18.8 Å². The van der Waals surface area contributed by atoms with Crippen molar-refractivity contribution in [3.05, 3.63) is 90.2 Å². The molecule has 1 fully saturated rings. The van der Waals surface area contributed by atoms with Crippen LogP contribution in [0.4, 0.5) is 20.6 Å². The number of halogens is 1. The number of nitrogens with one attached hydrogen (secondary N) is 1. The Morgan fingerprint density at radius 1 is 0.970 bits per heavy atom. The van der Waals surface area contributed by atoms with Gasteiger partial charge in [0.1, 0.15) is 17.6 Å². The predicted octanol–water partition coefficient (Wildman–Crippen LogP) is 4.20. The van der Waals surface area contributed by atoms with E-state index in [-0.39, 0.29) is 18.7 Å². The lowest BCUT2D eigenvalue weighted by atomic mass is 10.1. The second-order valence-corrected chi connectivity index (χ2v) is 7.54. The number of carbonyl (C=O) groups is 3. The molecule has 0 aliphatic carbocycles. The Hall–Kier alpha value is -4.20. The van der Waals surface area contributed by atoms with Crippen molar-refractivity contribution in [3.63, 3.8) is 0 Å². The van der Waals surface area contributed by atoms with Gasteiger partial charge in [0.25, 0.3) is 5.91 Å². The van der Waals surface area contributed by atoms with Gasteiger partial charge in [0.05, 0.1) is 19.2 Å². The number of rotatable bonds is 7. The summed E-state index contributed by atoms with van der Waals surface area (Å²) in [5, 5.41) is 2.75. The van der Waals surface area contributed by atoms with Crippen molar-refractivity contribution in [2.24, 2.45) is 0 Å². The Balaban J connectivity index is 1.60. The first-order valence-electron chi connectivity index (χ1n) is 10.3. The molecule has 1 atom stereocenters. The van der Waals surface area contributed by atoms with Crippen LogP contribution in [0, 0.1) is 5.82 Å². The van der Waals surface area contributed by atoms with E-state index >= 15 is 0 Å². The molecular weight excluding hydrogens is 425 g/mol. The first-order valence-corrected chi connectivity index (χ1v) is 10.3. The summed E-state index contributed by atoms with van der Waals surface area (Å²) in [6.07, 6.45) is -0.215. The third-order valence-corrected chi connectivity index (χ3v) is 5.35. The first kappa shape index (κ1) is 22.0. The SMILES string of the molecule is COc1ccc(CN2C(=O)N(c3ccc(F)cc3)C(=O)[C@H]2CC(=O)Nc2ccccc2)cc1. The Kier molecular flexibility index (Phi) is 6.35. The van der Waals surface area contributed by atoms with E-state index in [2.05, 4.69) is 5.32 Å². The fourth-order valence-electron chi connectivity index (χ4n) is 3.68. The van der Waals surface area contributed by atoms with Gasteiger partial charge >= 0.3 is 6.03 Å². The normalized spacial score (nSPS) is 15.6. The molecule has 7 nitrogen and oxygen atoms in total. The Morgan fingerprint density at radius 2 is 1.64 bits per heavy atom. The number of amides is 4. The largest absolute Gasteiger partial charge is 0.497 e. The van der Waals surface area contributed by atoms with E-state index in [0.717, 1.165) is 10.5 Å². The van der Waals surface area contributed by atoms with E-state index in [0.29, 0.717) is 11.4 Å². The number of hydrogen-bond acceptors (Lipinski definition) is 4. The Morgan fingerprint density at radius 3 is 2.27 bits per heavy atom. The fraction of sp³-hybridized carbons (Fsp3) is 0.160. The summed E-state index contributed by atoms with van der Waals surface area (Å²) >= 11 is 0. The molecule has 3 aromatic rings. The van der Waals surface area contributed by atoms with Crippen LogP contribution in [0.3, 0.4) is 0 Å². The van der Waals surface area contributed by atoms with E-state index < -0.39 is 29.7 Å². The molecule has 1 aliphatic rings. The molecule has 4 rings (SSSR count). The van der Waals surface area contributed by atoms with Crippen LogP contribution in [-0.4, -0.2) is 35.9 Å². The van der Waals surface area contributed by atoms with Crippen molar-refractivity contribution < 1.29 is 23.5 Å². The van der Waals surface area contributed by atoms with Crippen LogP contribution in [-0.2, 0) is 16.1 Å². The smallest absolute Gasteiger partial charge is 0.332 e. The maximum Gasteiger partial charge on any atom is 0.332 e. The van der Waals surface area contributed by atoms with Crippen LogP contribution in [0.25, 0.3) is 0 Å². The first-order chi connectivity index (χ1) is 16.0. The molecule has 0 bridgehead atoms. The van der Waals surface area contributed by atoms with Gasteiger partial charge in [0.2, 0.25) is 5.91 Å². The van der Waals surface area contributed by atoms with Gasteiger partial charge < -0.3 is 15.0 Å². The highest BCUT2D eigenvalue weighted by Crippen LogP contribution is 2.29. The maximum absolute atomic E-state index is 13.4. The van der Waals surface area contributed by atoms with E-state index in [4.69, 9.17) is 4.74 Å². The zero-order chi connectivity index (χ0) is 23.4. The van der Waals surface area contributed by atoms with Crippen molar-refractivity contribution >= 4 is 29.2 Å². The van der Waals surface area contributed by atoms with E-state index in [1.807, 2.05) is 6.07 Å². The van der Waals surface area contributed by atoms with Gasteiger partial charge in [-0.15, -0.1) is 0 Å². The molecule has 0 unspecified atom stereocenters. The summed E-state index contributed by atoms with van der Waals surface area (Å²) in [6.45, 7) is 0.121. The number of methoxy groups -OCH3 is 1. The molecule has 1 heterocycles. The minimum absolute atomic E-state index is 0.121. The Labute approximate surface area is 190 Å². The zero-order valence-electron chi connectivity index (χ0n) is 17.9. The van der Waals surface area contributed by atoms with Crippen LogP contribution >= 0.6 is 0 Å². The van der Waals surface area contributed by atoms with Gasteiger partial charge in [0.15, 0.2) is 0 Å². The summed E-state index contributed by atoms with van der Waals surface area (Å²) in [7, 11) is 1.56. The number of hydrogen-bond donors (Lipinski definition) is 1. The molecule has 0 spiro atoms. The van der Waals surface area contributed by atoms with Gasteiger partial charge in [0, 0.05) is 12.2 Å². The highest BCUT2D eigenvalue weighted by molar-refractivity contribution is 6.22. The number of nitrogens with zero attached hydrogens (tertiary/aromatic N) is 2. The third-order valence-electron chi connectivity index (χ3n) is 5.35. The molecule has 168 valence electrons. The van der Waals surface area contributed by atoms with Crippen LogP contribution < -0.4 is 15.0 Å². The number of para-hydroxylation sites is 1. The minimum Gasteiger partial charge on any atom is -0.497 e. The van der Waals surface area contributed by atoms with Crippen LogP contribution in [0.2, 0.25) is 0 Å². The van der Waals surface area contributed by atoms with Gasteiger partial charge in [-0.25, -0.2) is 14.1 Å². The molecule has 0 saturated carbocycles. The lowest BCUT2D eigenvalue weighted by Crippen LogP contribution is -2.37. The average molecular weight is 447 g/mol. The van der Waals surface area contributed by atoms with Crippen molar-refractivity contribution in [1.29, 1.82) is 0 Å². The number of imide groups is 1. The summed E-state index contributed by atoms with van der Waals surface area (Å²) in [6, 6.07) is 19.5. The number of benzene rings is 3. The minimum atomic E-state index is -1.01. The van der Waals surface area contributed by atoms with Crippen molar-refractivity contribution in [3.8, 4) is 5.75 Å². The fourth-order valence-corrected chi connectivity index (χ4v) is 3.68. The highest BCUT2D eigenvalue weighted by Gasteiger charge is 2.46. The molecule has 1 saturated heterocycles. The van der Waals surface area contributed by atoms with Gasteiger partial charge in [-0.2, -0.15) is 0 Å². The van der Waals surface area contributed by atoms with Gasteiger partial charge in [-0.1, -0.05) is 30.3 Å². The lowest BCUT2D eigenvalue weighted by molar-refractivity contribution is -0.124.